The van der Waals surface area contributed by atoms with E-state index in [0.29, 0.717) is 6.54 Å². The molecule has 1 aromatic rings. The Morgan fingerprint density at radius 2 is 2.00 bits per heavy atom. The molecule has 0 unspecified atom stereocenters. The second kappa shape index (κ2) is 6.87. The highest BCUT2D eigenvalue weighted by atomic mass is 16.2. The Morgan fingerprint density at radius 1 is 1.21 bits per heavy atom. The molecule has 1 aliphatic carbocycles. The number of carbonyl (C=O) groups excluding carboxylic acids is 2. The predicted molar refractivity (Wildman–Crippen MR) is 71.1 cm³/mol. The van der Waals surface area contributed by atoms with Crippen molar-refractivity contribution in [3.8, 4) is 0 Å². The standard InChI is InChI=1S/C14H19N3O2/c18-13(16-9-12-7-3-4-8-15-12)10-17-14(19)11-5-1-2-6-11/h3-4,7-8,11H,1-2,5-6,9-10H2,(H,16,18)(H,17,19). The van der Waals surface area contributed by atoms with Gasteiger partial charge < -0.3 is 10.6 Å². The van der Waals surface area contributed by atoms with E-state index in [-0.39, 0.29) is 24.3 Å². The third kappa shape index (κ3) is 4.35. The highest BCUT2D eigenvalue weighted by Crippen LogP contribution is 2.24. The Kier molecular flexibility index (Phi) is 4.89. The molecule has 1 saturated carbocycles. The maximum Gasteiger partial charge on any atom is 0.239 e. The molecule has 0 saturated heterocycles. The minimum absolute atomic E-state index is 0.00508. The molecule has 19 heavy (non-hydrogen) atoms. The molecule has 0 radical (unpaired) electrons. The van der Waals surface area contributed by atoms with Crippen LogP contribution < -0.4 is 10.6 Å². The van der Waals surface area contributed by atoms with Gasteiger partial charge in [0.25, 0.3) is 0 Å². The van der Waals surface area contributed by atoms with Crippen molar-refractivity contribution >= 4 is 11.8 Å². The topological polar surface area (TPSA) is 71.1 Å². The molecule has 102 valence electrons. The lowest BCUT2D eigenvalue weighted by atomic mass is 10.1. The normalized spacial score (nSPS) is 15.2. The van der Waals surface area contributed by atoms with Crippen molar-refractivity contribution < 1.29 is 9.59 Å². The predicted octanol–water partition coefficient (Wildman–Crippen LogP) is 1.00. The van der Waals surface area contributed by atoms with Gasteiger partial charge in [-0.3, -0.25) is 14.6 Å². The smallest absolute Gasteiger partial charge is 0.239 e. The maximum absolute atomic E-state index is 11.7. The van der Waals surface area contributed by atoms with Gasteiger partial charge in [-0.25, -0.2) is 0 Å². The van der Waals surface area contributed by atoms with Gasteiger partial charge in [0.05, 0.1) is 18.8 Å². The van der Waals surface area contributed by atoms with Crippen molar-refractivity contribution in [3.63, 3.8) is 0 Å². The Morgan fingerprint density at radius 3 is 2.68 bits per heavy atom. The summed E-state index contributed by atoms with van der Waals surface area (Å²) >= 11 is 0. The van der Waals surface area contributed by atoms with Crippen molar-refractivity contribution in [1.29, 1.82) is 0 Å². The molecule has 2 rings (SSSR count). The lowest BCUT2D eigenvalue weighted by Gasteiger charge is -2.10. The van der Waals surface area contributed by atoms with E-state index in [2.05, 4.69) is 15.6 Å². The van der Waals surface area contributed by atoms with Gasteiger partial charge in [-0.2, -0.15) is 0 Å². The molecule has 2 N–H and O–H groups in total. The number of nitrogens with one attached hydrogen (secondary N) is 2. The number of hydrogen-bond acceptors (Lipinski definition) is 3. The molecule has 0 atom stereocenters. The van der Waals surface area contributed by atoms with E-state index in [1.807, 2.05) is 18.2 Å². The molecule has 5 heteroatoms. The van der Waals surface area contributed by atoms with E-state index in [4.69, 9.17) is 0 Å². The van der Waals surface area contributed by atoms with Gasteiger partial charge in [-0.05, 0) is 25.0 Å². The van der Waals surface area contributed by atoms with Crippen LogP contribution in [0.3, 0.4) is 0 Å². The van der Waals surface area contributed by atoms with Gasteiger partial charge >= 0.3 is 0 Å². The molecule has 1 aromatic heterocycles. The first-order valence-electron chi connectivity index (χ1n) is 6.70. The van der Waals surface area contributed by atoms with Crippen LogP contribution in [0.15, 0.2) is 24.4 Å². The molecule has 0 spiro atoms. The lowest BCUT2D eigenvalue weighted by molar-refractivity contribution is -0.128. The van der Waals surface area contributed by atoms with E-state index < -0.39 is 0 Å². The fourth-order valence-electron chi connectivity index (χ4n) is 2.25. The summed E-state index contributed by atoms with van der Waals surface area (Å²) in [4.78, 5) is 27.4. The second-order valence-corrected chi connectivity index (χ2v) is 4.80. The molecule has 2 amide bonds. The van der Waals surface area contributed by atoms with E-state index in [1.54, 1.807) is 6.20 Å². The lowest BCUT2D eigenvalue weighted by Crippen LogP contribution is -2.38. The fraction of sp³-hybridized carbons (Fsp3) is 0.500. The van der Waals surface area contributed by atoms with Gasteiger partial charge in [0.15, 0.2) is 0 Å². The van der Waals surface area contributed by atoms with Gasteiger partial charge in [0, 0.05) is 12.1 Å². The van der Waals surface area contributed by atoms with Crippen LogP contribution in [0.4, 0.5) is 0 Å². The summed E-state index contributed by atoms with van der Waals surface area (Å²) in [6.45, 7) is 0.432. The molecule has 1 aliphatic rings. The van der Waals surface area contributed by atoms with Crippen LogP contribution >= 0.6 is 0 Å². The van der Waals surface area contributed by atoms with Gasteiger partial charge in [-0.1, -0.05) is 18.9 Å². The first-order chi connectivity index (χ1) is 9.25. The highest BCUT2D eigenvalue weighted by Gasteiger charge is 2.22. The minimum Gasteiger partial charge on any atom is -0.349 e. The summed E-state index contributed by atoms with van der Waals surface area (Å²) in [5.41, 5.74) is 0.804. The summed E-state index contributed by atoms with van der Waals surface area (Å²) in [6, 6.07) is 5.54. The van der Waals surface area contributed by atoms with Crippen molar-refractivity contribution in [2.75, 3.05) is 6.54 Å². The van der Waals surface area contributed by atoms with Crippen molar-refractivity contribution in [1.82, 2.24) is 15.6 Å². The van der Waals surface area contributed by atoms with Crippen LogP contribution in [-0.2, 0) is 16.1 Å². The van der Waals surface area contributed by atoms with E-state index >= 15 is 0 Å². The largest absolute Gasteiger partial charge is 0.349 e. The average Bonchev–Trinajstić information content (AvgIpc) is 2.98. The zero-order chi connectivity index (χ0) is 13.5. The fourth-order valence-corrected chi connectivity index (χ4v) is 2.25. The molecular weight excluding hydrogens is 242 g/mol. The van der Waals surface area contributed by atoms with E-state index in [9.17, 15) is 9.59 Å². The summed E-state index contributed by atoms with van der Waals surface area (Å²) in [5, 5.41) is 5.42. The molecule has 0 aliphatic heterocycles. The molecule has 1 fully saturated rings. The van der Waals surface area contributed by atoms with Crippen molar-refractivity contribution in [2.24, 2.45) is 5.92 Å². The number of amides is 2. The summed E-state index contributed by atoms with van der Waals surface area (Å²) in [5.74, 6) is -0.0777. The quantitative estimate of drug-likeness (QED) is 0.830. The molecular formula is C14H19N3O2. The monoisotopic (exact) mass is 261 g/mol. The summed E-state index contributed by atoms with van der Waals surface area (Å²) < 4.78 is 0. The zero-order valence-electron chi connectivity index (χ0n) is 10.9. The Bertz CT molecular complexity index is 428. The third-order valence-electron chi connectivity index (χ3n) is 3.34. The van der Waals surface area contributed by atoms with E-state index in [0.717, 1.165) is 31.4 Å². The molecule has 5 nitrogen and oxygen atoms in total. The van der Waals surface area contributed by atoms with Crippen LogP contribution in [0, 0.1) is 5.92 Å². The van der Waals surface area contributed by atoms with Crippen LogP contribution in [0.2, 0.25) is 0 Å². The molecule has 1 heterocycles. The highest BCUT2D eigenvalue weighted by molar-refractivity contribution is 5.85. The Hall–Kier alpha value is -1.91. The Balaban J connectivity index is 1.65. The average molecular weight is 261 g/mol. The van der Waals surface area contributed by atoms with Crippen LogP contribution in [0.25, 0.3) is 0 Å². The van der Waals surface area contributed by atoms with Crippen molar-refractivity contribution in [3.05, 3.63) is 30.1 Å². The van der Waals surface area contributed by atoms with Gasteiger partial charge in [0.2, 0.25) is 11.8 Å². The van der Waals surface area contributed by atoms with Crippen LogP contribution in [0.1, 0.15) is 31.4 Å². The first kappa shape index (κ1) is 13.5. The van der Waals surface area contributed by atoms with Gasteiger partial charge in [-0.15, -0.1) is 0 Å². The SMILES string of the molecule is O=C(CNC(=O)C1CCCC1)NCc1ccccn1. The maximum atomic E-state index is 11.7. The number of nitrogens with zero attached hydrogens (tertiary/aromatic N) is 1. The van der Waals surface area contributed by atoms with Crippen LogP contribution in [0.5, 0.6) is 0 Å². The first-order valence-corrected chi connectivity index (χ1v) is 6.70. The third-order valence-corrected chi connectivity index (χ3v) is 3.34. The number of rotatable bonds is 5. The van der Waals surface area contributed by atoms with E-state index in [1.165, 1.54) is 0 Å². The molecule has 0 bridgehead atoms. The minimum atomic E-state index is -0.183. The van der Waals surface area contributed by atoms with Crippen LogP contribution in [-0.4, -0.2) is 23.3 Å². The second-order valence-electron chi connectivity index (χ2n) is 4.80. The van der Waals surface area contributed by atoms with Gasteiger partial charge in [0.1, 0.15) is 0 Å². The molecule has 0 aromatic carbocycles. The van der Waals surface area contributed by atoms with Crippen molar-refractivity contribution in [2.45, 2.75) is 32.2 Å². The number of hydrogen-bond donors (Lipinski definition) is 2. The summed E-state index contributed by atoms with van der Waals surface area (Å²) in [6.07, 6.45) is 5.81. The number of aromatic nitrogens is 1. The summed E-state index contributed by atoms with van der Waals surface area (Å²) in [7, 11) is 0. The Labute approximate surface area is 112 Å². The number of pyridine rings is 1. The zero-order valence-corrected chi connectivity index (χ0v) is 10.9. The number of carbonyl (C=O) groups is 2.